The van der Waals surface area contributed by atoms with Crippen LogP contribution in [-0.2, 0) is 19.9 Å². The largest absolute Gasteiger partial charge is 0.464 e. The fourth-order valence-electron chi connectivity index (χ4n) is 1.80. The predicted octanol–water partition coefficient (Wildman–Crippen LogP) is 2.63. The smallest absolute Gasteiger partial charge is 0.343 e. The lowest BCUT2D eigenvalue weighted by Gasteiger charge is -2.39. The summed E-state index contributed by atoms with van der Waals surface area (Å²) in [6, 6.07) is 7.60. The molecule has 2 rings (SSSR count). The Morgan fingerprint density at radius 3 is 2.88 bits per heavy atom. The highest BCUT2D eigenvalue weighted by Crippen LogP contribution is 2.39. The third-order valence-corrected chi connectivity index (χ3v) is 3.19. The average Bonchev–Trinajstić information content (AvgIpc) is 2.16. The van der Waals surface area contributed by atoms with Gasteiger partial charge >= 0.3 is 5.97 Å². The Morgan fingerprint density at radius 1 is 1.62 bits per heavy atom. The molecule has 1 aliphatic heterocycles. The van der Waals surface area contributed by atoms with Crippen LogP contribution in [0.5, 0.6) is 0 Å². The number of esters is 1. The Labute approximate surface area is 103 Å². The zero-order valence-corrected chi connectivity index (χ0v) is 10.6. The fourth-order valence-corrected chi connectivity index (χ4v) is 2.20. The molecule has 0 saturated carbocycles. The topological polar surface area (TPSA) is 35.5 Å². The summed E-state index contributed by atoms with van der Waals surface area (Å²) in [5.74, 6) is -0.292. The number of carbonyl (C=O) groups is 1. The molecule has 1 unspecified atom stereocenters. The lowest BCUT2D eigenvalue weighted by Crippen LogP contribution is -2.48. The monoisotopic (exact) mass is 284 g/mol. The van der Waals surface area contributed by atoms with Gasteiger partial charge in [0.05, 0.1) is 13.2 Å². The minimum atomic E-state index is -0.875. The maximum absolute atomic E-state index is 11.9. The zero-order chi connectivity index (χ0) is 11.6. The van der Waals surface area contributed by atoms with E-state index >= 15 is 0 Å². The van der Waals surface area contributed by atoms with Crippen molar-refractivity contribution in [3.8, 4) is 0 Å². The van der Waals surface area contributed by atoms with Crippen LogP contribution >= 0.6 is 15.9 Å². The van der Waals surface area contributed by atoms with Gasteiger partial charge in [0.2, 0.25) is 0 Å². The molecule has 3 nitrogen and oxygen atoms in total. The van der Waals surface area contributed by atoms with Crippen molar-refractivity contribution in [3.05, 3.63) is 34.3 Å². The van der Waals surface area contributed by atoms with Gasteiger partial charge in [0.15, 0.2) is 5.60 Å². The second-order valence-corrected chi connectivity index (χ2v) is 4.57. The molecule has 1 atom stereocenters. The molecule has 1 heterocycles. The number of hydrogen-bond donors (Lipinski definition) is 0. The zero-order valence-electron chi connectivity index (χ0n) is 9.03. The highest BCUT2D eigenvalue weighted by Gasteiger charge is 2.49. The van der Waals surface area contributed by atoms with E-state index in [0.29, 0.717) is 19.6 Å². The molecule has 1 aromatic rings. The van der Waals surface area contributed by atoms with Gasteiger partial charge in [-0.15, -0.1) is 0 Å². The second kappa shape index (κ2) is 4.55. The summed E-state index contributed by atoms with van der Waals surface area (Å²) in [5, 5.41) is 0. The van der Waals surface area contributed by atoms with E-state index < -0.39 is 5.60 Å². The van der Waals surface area contributed by atoms with Crippen LogP contribution in [0.15, 0.2) is 28.7 Å². The van der Waals surface area contributed by atoms with E-state index in [1.54, 1.807) is 6.92 Å². The fraction of sp³-hybridized carbons (Fsp3) is 0.417. The molecule has 0 aliphatic carbocycles. The summed E-state index contributed by atoms with van der Waals surface area (Å²) in [5.41, 5.74) is -0.0219. The third-order valence-electron chi connectivity index (χ3n) is 2.70. The second-order valence-electron chi connectivity index (χ2n) is 3.66. The summed E-state index contributed by atoms with van der Waals surface area (Å²) in [7, 11) is 0. The number of halogens is 1. The molecule has 0 bridgehead atoms. The Kier molecular flexibility index (Phi) is 3.30. The third kappa shape index (κ3) is 1.87. The van der Waals surface area contributed by atoms with E-state index in [2.05, 4.69) is 15.9 Å². The van der Waals surface area contributed by atoms with Crippen molar-refractivity contribution in [1.29, 1.82) is 0 Å². The van der Waals surface area contributed by atoms with Crippen LogP contribution in [0.1, 0.15) is 18.9 Å². The Morgan fingerprint density at radius 2 is 2.38 bits per heavy atom. The molecule has 0 amide bonds. The normalized spacial score (nSPS) is 23.6. The van der Waals surface area contributed by atoms with Crippen LogP contribution in [0, 0.1) is 0 Å². The summed E-state index contributed by atoms with van der Waals surface area (Å²) in [4.78, 5) is 11.9. The number of ether oxygens (including phenoxy) is 2. The van der Waals surface area contributed by atoms with Gasteiger partial charge in [-0.05, 0) is 24.6 Å². The van der Waals surface area contributed by atoms with E-state index in [0.717, 1.165) is 10.0 Å². The predicted molar refractivity (Wildman–Crippen MR) is 63.0 cm³/mol. The molecule has 1 aromatic carbocycles. The van der Waals surface area contributed by atoms with Gasteiger partial charge < -0.3 is 9.47 Å². The van der Waals surface area contributed by atoms with Gasteiger partial charge in [0.25, 0.3) is 0 Å². The van der Waals surface area contributed by atoms with Crippen molar-refractivity contribution in [2.45, 2.75) is 18.9 Å². The molecule has 0 radical (unpaired) electrons. The van der Waals surface area contributed by atoms with Gasteiger partial charge in [0.1, 0.15) is 0 Å². The Balaban J connectivity index is 2.31. The molecule has 4 heteroatoms. The van der Waals surface area contributed by atoms with Crippen molar-refractivity contribution < 1.29 is 14.3 Å². The molecule has 0 N–H and O–H groups in total. The molecule has 16 heavy (non-hydrogen) atoms. The van der Waals surface area contributed by atoms with Gasteiger partial charge in [-0.1, -0.05) is 28.1 Å². The SMILES string of the molecule is CCOC(=O)C1(c2cccc(Br)c2)CCO1. The van der Waals surface area contributed by atoms with Crippen LogP contribution in [0.2, 0.25) is 0 Å². The molecule has 1 saturated heterocycles. The molecule has 0 spiro atoms. The first-order valence-electron chi connectivity index (χ1n) is 5.26. The maximum atomic E-state index is 11.9. The summed E-state index contributed by atoms with van der Waals surface area (Å²) >= 11 is 3.39. The lowest BCUT2D eigenvalue weighted by atomic mass is 9.86. The van der Waals surface area contributed by atoms with Crippen LogP contribution in [0.3, 0.4) is 0 Å². The quantitative estimate of drug-likeness (QED) is 0.801. The molecule has 1 fully saturated rings. The number of rotatable bonds is 3. The first-order valence-corrected chi connectivity index (χ1v) is 6.05. The molecular weight excluding hydrogens is 272 g/mol. The molecule has 0 aromatic heterocycles. The molecule has 1 aliphatic rings. The van der Waals surface area contributed by atoms with Crippen LogP contribution in [-0.4, -0.2) is 19.2 Å². The average molecular weight is 285 g/mol. The maximum Gasteiger partial charge on any atom is 0.343 e. The molecular formula is C12H13BrO3. The van der Waals surface area contributed by atoms with E-state index in [1.807, 2.05) is 24.3 Å². The minimum absolute atomic E-state index is 0.292. The van der Waals surface area contributed by atoms with Gasteiger partial charge in [-0.3, -0.25) is 0 Å². The highest BCUT2D eigenvalue weighted by atomic mass is 79.9. The van der Waals surface area contributed by atoms with Crippen molar-refractivity contribution in [3.63, 3.8) is 0 Å². The highest BCUT2D eigenvalue weighted by molar-refractivity contribution is 9.10. The summed E-state index contributed by atoms with van der Waals surface area (Å²) in [6.45, 7) is 2.77. The number of benzene rings is 1. The first-order chi connectivity index (χ1) is 7.69. The van der Waals surface area contributed by atoms with E-state index in [-0.39, 0.29) is 5.97 Å². The van der Waals surface area contributed by atoms with E-state index in [9.17, 15) is 4.79 Å². The summed E-state index contributed by atoms with van der Waals surface area (Å²) in [6.07, 6.45) is 0.683. The minimum Gasteiger partial charge on any atom is -0.464 e. The van der Waals surface area contributed by atoms with Gasteiger partial charge in [0, 0.05) is 10.9 Å². The number of carbonyl (C=O) groups excluding carboxylic acids is 1. The van der Waals surface area contributed by atoms with E-state index in [1.165, 1.54) is 0 Å². The van der Waals surface area contributed by atoms with Crippen LogP contribution < -0.4 is 0 Å². The van der Waals surface area contributed by atoms with Crippen molar-refractivity contribution in [2.75, 3.05) is 13.2 Å². The van der Waals surface area contributed by atoms with Gasteiger partial charge in [-0.2, -0.15) is 0 Å². The van der Waals surface area contributed by atoms with Crippen molar-refractivity contribution >= 4 is 21.9 Å². The van der Waals surface area contributed by atoms with Crippen molar-refractivity contribution in [1.82, 2.24) is 0 Å². The lowest BCUT2D eigenvalue weighted by molar-refractivity contribution is -0.203. The number of hydrogen-bond acceptors (Lipinski definition) is 3. The van der Waals surface area contributed by atoms with Crippen molar-refractivity contribution in [2.24, 2.45) is 0 Å². The summed E-state index contributed by atoms with van der Waals surface area (Å²) < 4.78 is 11.5. The standard InChI is InChI=1S/C12H13BrO3/c1-2-15-11(14)12(6-7-16-12)9-4-3-5-10(13)8-9/h3-5,8H,2,6-7H2,1H3. The van der Waals surface area contributed by atoms with Crippen LogP contribution in [0.25, 0.3) is 0 Å². The Hall–Kier alpha value is -0.870. The van der Waals surface area contributed by atoms with E-state index in [4.69, 9.17) is 9.47 Å². The van der Waals surface area contributed by atoms with Crippen LogP contribution in [0.4, 0.5) is 0 Å². The Bertz CT molecular complexity index is 399. The first kappa shape index (κ1) is 11.6. The molecule has 86 valence electrons. The van der Waals surface area contributed by atoms with Gasteiger partial charge in [-0.25, -0.2) is 4.79 Å².